The van der Waals surface area contributed by atoms with Gasteiger partial charge >= 0.3 is 6.18 Å². The molecule has 28 heavy (non-hydrogen) atoms. The van der Waals surface area contributed by atoms with E-state index in [4.69, 9.17) is 0 Å². The Hall–Kier alpha value is -2.51. The summed E-state index contributed by atoms with van der Waals surface area (Å²) in [6.45, 7) is 0.993. The van der Waals surface area contributed by atoms with Crippen LogP contribution in [-0.2, 0) is 6.54 Å². The van der Waals surface area contributed by atoms with Crippen LogP contribution in [0, 0.1) is 5.82 Å². The van der Waals surface area contributed by atoms with Gasteiger partial charge in [-0.2, -0.15) is 13.2 Å². The smallest absolute Gasteiger partial charge is 0.314 e. The van der Waals surface area contributed by atoms with Crippen molar-refractivity contribution in [3.63, 3.8) is 0 Å². The molecule has 0 aliphatic carbocycles. The molecule has 1 aliphatic rings. The SMILES string of the molecule is Fc1ccc(-c2ccnc3cc(CN4CCNCC4C(F)(F)F)ccc23)cc1. The van der Waals surface area contributed by atoms with Crippen LogP contribution in [0.1, 0.15) is 5.56 Å². The maximum Gasteiger partial charge on any atom is 0.405 e. The van der Waals surface area contributed by atoms with Crippen LogP contribution in [0.3, 0.4) is 0 Å². The number of rotatable bonds is 3. The van der Waals surface area contributed by atoms with Crippen LogP contribution in [0.5, 0.6) is 0 Å². The first-order valence-electron chi connectivity index (χ1n) is 9.07. The van der Waals surface area contributed by atoms with Crippen LogP contribution in [0.2, 0.25) is 0 Å². The minimum Gasteiger partial charge on any atom is -0.314 e. The number of piperazine rings is 1. The number of nitrogens with zero attached hydrogens (tertiary/aromatic N) is 2. The van der Waals surface area contributed by atoms with E-state index in [1.54, 1.807) is 18.3 Å². The first-order chi connectivity index (χ1) is 13.4. The molecule has 3 aromatic rings. The summed E-state index contributed by atoms with van der Waals surface area (Å²) in [6, 6.07) is 12.1. The second-order valence-electron chi connectivity index (χ2n) is 6.95. The number of benzene rings is 2. The minimum atomic E-state index is -4.27. The summed E-state index contributed by atoms with van der Waals surface area (Å²) >= 11 is 0. The van der Waals surface area contributed by atoms with E-state index in [9.17, 15) is 17.6 Å². The molecule has 1 aliphatic heterocycles. The van der Waals surface area contributed by atoms with Crippen LogP contribution in [0.15, 0.2) is 54.7 Å². The van der Waals surface area contributed by atoms with E-state index >= 15 is 0 Å². The van der Waals surface area contributed by atoms with Crippen molar-refractivity contribution >= 4 is 10.9 Å². The Balaban J connectivity index is 1.64. The highest BCUT2D eigenvalue weighted by Gasteiger charge is 2.44. The van der Waals surface area contributed by atoms with Gasteiger partial charge in [0.1, 0.15) is 11.9 Å². The van der Waals surface area contributed by atoms with E-state index in [-0.39, 0.29) is 18.9 Å². The number of alkyl halides is 3. The number of nitrogens with one attached hydrogen (secondary N) is 1. The van der Waals surface area contributed by atoms with Crippen molar-refractivity contribution in [1.29, 1.82) is 0 Å². The molecule has 7 heteroatoms. The van der Waals surface area contributed by atoms with Crippen molar-refractivity contribution in [2.75, 3.05) is 19.6 Å². The number of pyridine rings is 1. The lowest BCUT2D eigenvalue weighted by Gasteiger charge is -2.37. The van der Waals surface area contributed by atoms with E-state index < -0.39 is 12.2 Å². The summed E-state index contributed by atoms with van der Waals surface area (Å²) in [5.41, 5.74) is 3.26. The van der Waals surface area contributed by atoms with Crippen LogP contribution in [0.4, 0.5) is 17.6 Å². The van der Waals surface area contributed by atoms with E-state index in [1.165, 1.54) is 17.0 Å². The van der Waals surface area contributed by atoms with Gasteiger partial charge in [0.2, 0.25) is 0 Å². The standard InChI is InChI=1S/C21H19F4N3/c22-16-4-2-15(3-5-16)17-7-8-27-19-11-14(1-6-18(17)19)13-28-10-9-26-12-20(28)21(23,24)25/h1-8,11,20,26H,9-10,12-13H2. The van der Waals surface area contributed by atoms with Gasteiger partial charge in [-0.05, 0) is 41.0 Å². The number of hydrogen-bond donors (Lipinski definition) is 1. The van der Waals surface area contributed by atoms with Gasteiger partial charge in [0, 0.05) is 37.8 Å². The van der Waals surface area contributed by atoms with Crippen LogP contribution in [-0.4, -0.2) is 41.7 Å². The molecule has 2 heterocycles. The molecule has 0 radical (unpaired) electrons. The average molecular weight is 389 g/mol. The molecule has 0 spiro atoms. The molecule has 146 valence electrons. The predicted octanol–water partition coefficient (Wildman–Crippen LogP) is 4.38. The lowest BCUT2D eigenvalue weighted by atomic mass is 10.00. The molecule has 3 nitrogen and oxygen atoms in total. The fourth-order valence-electron chi connectivity index (χ4n) is 3.67. The van der Waals surface area contributed by atoms with E-state index in [2.05, 4.69) is 10.3 Å². The van der Waals surface area contributed by atoms with Crippen molar-refractivity contribution in [1.82, 2.24) is 15.2 Å². The van der Waals surface area contributed by atoms with Gasteiger partial charge in [0.05, 0.1) is 5.52 Å². The van der Waals surface area contributed by atoms with Gasteiger partial charge in [-0.15, -0.1) is 0 Å². The highest BCUT2D eigenvalue weighted by atomic mass is 19.4. The quantitative estimate of drug-likeness (QED) is 0.674. The first-order valence-corrected chi connectivity index (χ1v) is 9.07. The Bertz CT molecular complexity index is 970. The zero-order valence-electron chi connectivity index (χ0n) is 15.0. The molecule has 1 saturated heterocycles. The molecule has 1 aromatic heterocycles. The van der Waals surface area contributed by atoms with Gasteiger partial charge in [0.15, 0.2) is 0 Å². The normalized spacial score (nSPS) is 18.5. The summed E-state index contributed by atoms with van der Waals surface area (Å²) in [7, 11) is 0. The average Bonchev–Trinajstić information content (AvgIpc) is 2.68. The zero-order chi connectivity index (χ0) is 19.7. The van der Waals surface area contributed by atoms with Crippen molar-refractivity contribution in [3.05, 3.63) is 66.1 Å². The Kier molecular flexibility index (Phi) is 5.03. The Morgan fingerprint density at radius 2 is 1.86 bits per heavy atom. The van der Waals surface area contributed by atoms with E-state index in [0.717, 1.165) is 22.1 Å². The topological polar surface area (TPSA) is 28.2 Å². The lowest BCUT2D eigenvalue weighted by Crippen LogP contribution is -2.57. The number of fused-ring (bicyclic) bond motifs is 1. The predicted molar refractivity (Wildman–Crippen MR) is 100 cm³/mol. The molecule has 1 N–H and O–H groups in total. The minimum absolute atomic E-state index is 0.0932. The molecule has 0 amide bonds. The lowest BCUT2D eigenvalue weighted by molar-refractivity contribution is -0.188. The molecule has 2 aromatic carbocycles. The third-order valence-electron chi connectivity index (χ3n) is 5.08. The summed E-state index contributed by atoms with van der Waals surface area (Å²) in [6.07, 6.45) is -2.60. The van der Waals surface area contributed by atoms with Crippen molar-refractivity contribution in [2.24, 2.45) is 0 Å². The molecular formula is C21H19F4N3. The number of hydrogen-bond acceptors (Lipinski definition) is 3. The van der Waals surface area contributed by atoms with E-state index in [0.29, 0.717) is 18.6 Å². The fourth-order valence-corrected chi connectivity index (χ4v) is 3.67. The highest BCUT2D eigenvalue weighted by molar-refractivity contribution is 5.94. The molecule has 0 bridgehead atoms. The van der Waals surface area contributed by atoms with Crippen LogP contribution in [0.25, 0.3) is 22.0 Å². The van der Waals surface area contributed by atoms with Crippen molar-refractivity contribution in [3.8, 4) is 11.1 Å². The number of halogens is 4. The second-order valence-corrected chi connectivity index (χ2v) is 6.95. The summed E-state index contributed by atoms with van der Waals surface area (Å²) in [5, 5.41) is 3.70. The molecule has 1 atom stereocenters. The molecule has 1 unspecified atom stereocenters. The Morgan fingerprint density at radius 1 is 1.07 bits per heavy atom. The van der Waals surface area contributed by atoms with Crippen LogP contribution < -0.4 is 5.32 Å². The summed E-state index contributed by atoms with van der Waals surface area (Å²) in [4.78, 5) is 5.84. The van der Waals surface area contributed by atoms with Gasteiger partial charge in [-0.3, -0.25) is 9.88 Å². The van der Waals surface area contributed by atoms with Gasteiger partial charge in [-0.1, -0.05) is 24.3 Å². The first kappa shape index (κ1) is 18.8. The molecular weight excluding hydrogens is 370 g/mol. The van der Waals surface area contributed by atoms with Gasteiger partial charge in [-0.25, -0.2) is 4.39 Å². The Morgan fingerprint density at radius 3 is 2.61 bits per heavy atom. The Labute approximate surface area is 160 Å². The fraction of sp³-hybridized carbons (Fsp3) is 0.286. The molecule has 1 fully saturated rings. The van der Waals surface area contributed by atoms with Crippen molar-refractivity contribution < 1.29 is 17.6 Å². The van der Waals surface area contributed by atoms with Crippen molar-refractivity contribution in [2.45, 2.75) is 18.8 Å². The summed E-state index contributed by atoms with van der Waals surface area (Å²) < 4.78 is 53.1. The van der Waals surface area contributed by atoms with Gasteiger partial charge in [0.25, 0.3) is 0 Å². The molecule has 0 saturated carbocycles. The summed E-state index contributed by atoms with van der Waals surface area (Å²) in [5.74, 6) is -0.306. The monoisotopic (exact) mass is 389 g/mol. The largest absolute Gasteiger partial charge is 0.405 e. The molecule has 4 rings (SSSR count). The third-order valence-corrected chi connectivity index (χ3v) is 5.08. The maximum absolute atomic E-state index is 13.3. The number of aromatic nitrogens is 1. The van der Waals surface area contributed by atoms with E-state index in [1.807, 2.05) is 24.3 Å². The van der Waals surface area contributed by atoms with Gasteiger partial charge < -0.3 is 5.32 Å². The zero-order valence-corrected chi connectivity index (χ0v) is 15.0. The maximum atomic E-state index is 13.3. The third kappa shape index (κ3) is 3.86. The second kappa shape index (κ2) is 7.48. The van der Waals surface area contributed by atoms with Crippen LogP contribution >= 0.6 is 0 Å². The highest BCUT2D eigenvalue weighted by Crippen LogP contribution is 2.30.